The Kier molecular flexibility index (Phi) is 5.66. The van der Waals surface area contributed by atoms with Crippen molar-refractivity contribution in [2.75, 3.05) is 32.5 Å². The molecule has 0 fully saturated rings. The number of anilines is 1. The van der Waals surface area contributed by atoms with Crippen LogP contribution in [0.1, 0.15) is 12.5 Å². The predicted molar refractivity (Wildman–Crippen MR) is 71.0 cm³/mol. The van der Waals surface area contributed by atoms with Crippen molar-refractivity contribution in [3.8, 4) is 0 Å². The van der Waals surface area contributed by atoms with Crippen molar-refractivity contribution in [1.29, 1.82) is 0 Å². The number of likely N-dealkylation sites (N-methyl/N-ethyl adjacent to an activating group) is 1. The Bertz CT molecular complexity index is 346. The normalized spacial score (nSPS) is 10.6. The van der Waals surface area contributed by atoms with E-state index in [1.807, 2.05) is 24.3 Å². The molecule has 4 heteroatoms. The van der Waals surface area contributed by atoms with Crippen molar-refractivity contribution < 1.29 is 4.79 Å². The second-order valence-corrected chi connectivity index (χ2v) is 4.36. The van der Waals surface area contributed by atoms with E-state index >= 15 is 0 Å². The summed E-state index contributed by atoms with van der Waals surface area (Å²) >= 11 is 0. The summed E-state index contributed by atoms with van der Waals surface area (Å²) < 4.78 is 0. The number of amides is 1. The maximum Gasteiger partial charge on any atom is 0.221 e. The maximum absolute atomic E-state index is 10.8. The molecule has 0 aliphatic carbocycles. The van der Waals surface area contributed by atoms with Crippen LogP contribution in [-0.2, 0) is 11.3 Å². The Morgan fingerprint density at radius 1 is 1.24 bits per heavy atom. The first-order chi connectivity index (χ1) is 8.08. The van der Waals surface area contributed by atoms with E-state index in [2.05, 4.69) is 29.6 Å². The quantitative estimate of drug-likeness (QED) is 0.730. The van der Waals surface area contributed by atoms with Crippen molar-refractivity contribution in [3.63, 3.8) is 0 Å². The van der Waals surface area contributed by atoms with Crippen molar-refractivity contribution >= 4 is 11.6 Å². The van der Waals surface area contributed by atoms with Crippen molar-refractivity contribution in [2.24, 2.45) is 0 Å². The minimum Gasteiger partial charge on any atom is -0.326 e. The molecule has 1 rings (SSSR count). The molecule has 0 aliphatic heterocycles. The molecule has 0 atom stereocenters. The highest BCUT2D eigenvalue weighted by atomic mass is 16.1. The largest absolute Gasteiger partial charge is 0.326 e. The van der Waals surface area contributed by atoms with E-state index < -0.39 is 0 Å². The van der Waals surface area contributed by atoms with Gasteiger partial charge in [-0.3, -0.25) is 4.79 Å². The van der Waals surface area contributed by atoms with Gasteiger partial charge in [0.1, 0.15) is 0 Å². The summed E-state index contributed by atoms with van der Waals surface area (Å²) in [5, 5.41) is 6.11. The summed E-state index contributed by atoms with van der Waals surface area (Å²) in [6.45, 7) is 4.37. The summed E-state index contributed by atoms with van der Waals surface area (Å²) in [5.41, 5.74) is 2.06. The molecule has 1 aromatic rings. The first kappa shape index (κ1) is 13.7. The minimum absolute atomic E-state index is 0.0399. The van der Waals surface area contributed by atoms with E-state index in [4.69, 9.17) is 0 Å². The van der Waals surface area contributed by atoms with Gasteiger partial charge in [0.25, 0.3) is 0 Å². The third kappa shape index (κ3) is 6.04. The van der Waals surface area contributed by atoms with Crippen LogP contribution in [0.4, 0.5) is 5.69 Å². The number of rotatable bonds is 6. The van der Waals surface area contributed by atoms with Crippen LogP contribution in [0.2, 0.25) is 0 Å². The van der Waals surface area contributed by atoms with Crippen molar-refractivity contribution in [1.82, 2.24) is 10.2 Å². The summed E-state index contributed by atoms with van der Waals surface area (Å²) in [7, 11) is 4.12. The highest BCUT2D eigenvalue weighted by Gasteiger charge is 1.96. The van der Waals surface area contributed by atoms with Crippen LogP contribution in [0, 0.1) is 0 Å². The van der Waals surface area contributed by atoms with Crippen molar-refractivity contribution in [3.05, 3.63) is 29.8 Å². The number of nitrogens with one attached hydrogen (secondary N) is 2. The van der Waals surface area contributed by atoms with Crippen LogP contribution in [0.3, 0.4) is 0 Å². The number of nitrogens with zero attached hydrogens (tertiary/aromatic N) is 1. The summed E-state index contributed by atoms with van der Waals surface area (Å²) in [5.74, 6) is -0.0399. The van der Waals surface area contributed by atoms with Gasteiger partial charge in [-0.05, 0) is 31.8 Å². The Morgan fingerprint density at radius 3 is 2.41 bits per heavy atom. The molecule has 0 saturated carbocycles. The van der Waals surface area contributed by atoms with E-state index in [9.17, 15) is 4.79 Å². The molecule has 94 valence electrons. The lowest BCUT2D eigenvalue weighted by molar-refractivity contribution is -0.114. The predicted octanol–water partition coefficient (Wildman–Crippen LogP) is 1.30. The standard InChI is InChI=1S/C13H21N3O/c1-11(17)15-13-6-4-12(5-7-13)10-14-8-9-16(2)3/h4-7,14H,8-10H2,1-3H3,(H,15,17). The molecular formula is C13H21N3O. The van der Waals surface area contributed by atoms with Crippen LogP contribution in [0.5, 0.6) is 0 Å². The van der Waals surface area contributed by atoms with Gasteiger partial charge < -0.3 is 15.5 Å². The van der Waals surface area contributed by atoms with Gasteiger partial charge in [0.05, 0.1) is 0 Å². The summed E-state index contributed by atoms with van der Waals surface area (Å²) in [6, 6.07) is 7.89. The van der Waals surface area contributed by atoms with Crippen molar-refractivity contribution in [2.45, 2.75) is 13.5 Å². The fraction of sp³-hybridized carbons (Fsp3) is 0.462. The molecule has 4 nitrogen and oxygen atoms in total. The first-order valence-corrected chi connectivity index (χ1v) is 5.80. The molecule has 0 unspecified atom stereocenters. The lowest BCUT2D eigenvalue weighted by atomic mass is 10.2. The zero-order valence-corrected chi connectivity index (χ0v) is 10.8. The highest BCUT2D eigenvalue weighted by Crippen LogP contribution is 2.09. The first-order valence-electron chi connectivity index (χ1n) is 5.80. The van der Waals surface area contributed by atoms with E-state index in [1.165, 1.54) is 12.5 Å². The molecule has 0 radical (unpaired) electrons. The van der Waals surface area contributed by atoms with Crippen LogP contribution >= 0.6 is 0 Å². The number of hydrogen-bond acceptors (Lipinski definition) is 3. The summed E-state index contributed by atoms with van der Waals surface area (Å²) in [4.78, 5) is 13.0. The van der Waals surface area contributed by atoms with Gasteiger partial charge in [0.2, 0.25) is 5.91 Å². The van der Waals surface area contributed by atoms with Gasteiger partial charge >= 0.3 is 0 Å². The van der Waals surface area contributed by atoms with Gasteiger partial charge in [-0.1, -0.05) is 12.1 Å². The molecule has 0 aliphatic rings. The molecule has 2 N–H and O–H groups in total. The maximum atomic E-state index is 10.8. The van der Waals surface area contributed by atoms with Crippen LogP contribution in [-0.4, -0.2) is 38.0 Å². The third-order valence-corrected chi connectivity index (χ3v) is 2.34. The topological polar surface area (TPSA) is 44.4 Å². The minimum atomic E-state index is -0.0399. The summed E-state index contributed by atoms with van der Waals surface area (Å²) in [6.07, 6.45) is 0. The van der Waals surface area contributed by atoms with Gasteiger partial charge in [-0.15, -0.1) is 0 Å². The zero-order valence-electron chi connectivity index (χ0n) is 10.8. The lowest BCUT2D eigenvalue weighted by Crippen LogP contribution is -2.26. The molecule has 0 saturated heterocycles. The smallest absolute Gasteiger partial charge is 0.221 e. The molecule has 1 aromatic carbocycles. The lowest BCUT2D eigenvalue weighted by Gasteiger charge is -2.10. The molecule has 0 spiro atoms. The van der Waals surface area contributed by atoms with Crippen LogP contribution in [0.15, 0.2) is 24.3 Å². The average molecular weight is 235 g/mol. The average Bonchev–Trinajstić information content (AvgIpc) is 2.25. The highest BCUT2D eigenvalue weighted by molar-refractivity contribution is 5.88. The Balaban J connectivity index is 2.32. The molecule has 0 heterocycles. The fourth-order valence-corrected chi connectivity index (χ4v) is 1.44. The van der Waals surface area contributed by atoms with E-state index in [0.717, 1.165) is 25.3 Å². The van der Waals surface area contributed by atoms with Gasteiger partial charge in [0.15, 0.2) is 0 Å². The van der Waals surface area contributed by atoms with Crippen LogP contribution in [0.25, 0.3) is 0 Å². The van der Waals surface area contributed by atoms with E-state index in [0.29, 0.717) is 0 Å². The molecule has 1 amide bonds. The fourth-order valence-electron chi connectivity index (χ4n) is 1.44. The van der Waals surface area contributed by atoms with Gasteiger partial charge in [-0.2, -0.15) is 0 Å². The number of hydrogen-bond donors (Lipinski definition) is 2. The van der Waals surface area contributed by atoms with Gasteiger partial charge in [-0.25, -0.2) is 0 Å². The second-order valence-electron chi connectivity index (χ2n) is 4.36. The number of carbonyl (C=O) groups excluding carboxylic acids is 1. The molecule has 0 bridgehead atoms. The monoisotopic (exact) mass is 235 g/mol. The van der Waals surface area contributed by atoms with Gasteiger partial charge in [0, 0.05) is 32.2 Å². The SMILES string of the molecule is CC(=O)Nc1ccc(CNCCN(C)C)cc1. The Hall–Kier alpha value is -1.39. The van der Waals surface area contributed by atoms with E-state index in [-0.39, 0.29) is 5.91 Å². The number of benzene rings is 1. The second kappa shape index (κ2) is 7.04. The number of carbonyl (C=O) groups is 1. The van der Waals surface area contributed by atoms with Crippen LogP contribution < -0.4 is 10.6 Å². The third-order valence-electron chi connectivity index (χ3n) is 2.34. The Labute approximate surface area is 103 Å². The molecular weight excluding hydrogens is 214 g/mol. The molecule has 0 aromatic heterocycles. The zero-order chi connectivity index (χ0) is 12.7. The molecule has 17 heavy (non-hydrogen) atoms. The Morgan fingerprint density at radius 2 is 1.88 bits per heavy atom. The van der Waals surface area contributed by atoms with E-state index in [1.54, 1.807) is 0 Å².